The quantitative estimate of drug-likeness (QED) is 0.684. The zero-order valence-corrected chi connectivity index (χ0v) is 16.3. The molecule has 0 spiro atoms. The minimum atomic E-state index is -3.56. The van der Waals surface area contributed by atoms with E-state index in [1.807, 2.05) is 34.6 Å². The van der Waals surface area contributed by atoms with Crippen molar-refractivity contribution in [3.05, 3.63) is 29.3 Å². The molecule has 0 radical (unpaired) electrons. The van der Waals surface area contributed by atoms with Gasteiger partial charge in [0.1, 0.15) is 0 Å². The Morgan fingerprint density at radius 2 is 1.54 bits per heavy atom. The summed E-state index contributed by atoms with van der Waals surface area (Å²) in [6.07, 6.45) is 1.75. The predicted molar refractivity (Wildman–Crippen MR) is 97.8 cm³/mol. The van der Waals surface area contributed by atoms with Crippen LogP contribution in [-0.4, -0.2) is 49.7 Å². The van der Waals surface area contributed by atoms with Gasteiger partial charge in [-0.25, -0.2) is 8.42 Å². The third-order valence-corrected chi connectivity index (χ3v) is 6.10. The summed E-state index contributed by atoms with van der Waals surface area (Å²) in [6.45, 7) is 11.7. The highest BCUT2D eigenvalue weighted by Gasteiger charge is 2.24. The summed E-state index contributed by atoms with van der Waals surface area (Å²) >= 11 is 0. The van der Waals surface area contributed by atoms with Gasteiger partial charge in [-0.05, 0) is 37.5 Å². The van der Waals surface area contributed by atoms with E-state index in [-0.39, 0.29) is 10.8 Å². The topological polar surface area (TPSA) is 57.7 Å². The number of carbonyl (C=O) groups excluding carboxylic acids is 1. The highest BCUT2D eigenvalue weighted by molar-refractivity contribution is 7.89. The molecule has 0 unspecified atom stereocenters. The Hall–Kier alpha value is -1.40. The fraction of sp³-hybridized carbons (Fsp3) is 0.611. The van der Waals surface area contributed by atoms with Gasteiger partial charge in [0.25, 0.3) is 5.91 Å². The molecule has 0 saturated heterocycles. The van der Waals surface area contributed by atoms with Crippen LogP contribution in [0.1, 0.15) is 56.5 Å². The summed E-state index contributed by atoms with van der Waals surface area (Å²) in [5.41, 5.74) is 1.28. The van der Waals surface area contributed by atoms with Crippen LogP contribution in [0.15, 0.2) is 23.1 Å². The average molecular weight is 355 g/mol. The van der Waals surface area contributed by atoms with E-state index in [1.165, 1.54) is 10.4 Å². The largest absolute Gasteiger partial charge is 0.339 e. The first-order chi connectivity index (χ1) is 11.3. The van der Waals surface area contributed by atoms with E-state index in [4.69, 9.17) is 0 Å². The normalized spacial score (nSPS) is 11.8. The zero-order chi connectivity index (χ0) is 18.3. The first-order valence-electron chi connectivity index (χ1n) is 8.73. The van der Waals surface area contributed by atoms with Crippen molar-refractivity contribution >= 4 is 15.9 Å². The summed E-state index contributed by atoms with van der Waals surface area (Å²) in [7, 11) is -3.56. The molecule has 1 aromatic rings. The van der Waals surface area contributed by atoms with Crippen molar-refractivity contribution in [2.24, 2.45) is 0 Å². The van der Waals surface area contributed by atoms with Crippen LogP contribution in [-0.2, 0) is 10.0 Å². The molecule has 0 fully saturated rings. The van der Waals surface area contributed by atoms with E-state index in [1.54, 1.807) is 17.0 Å². The molecule has 0 heterocycles. The van der Waals surface area contributed by atoms with Crippen molar-refractivity contribution in [3.63, 3.8) is 0 Å². The molecule has 0 saturated carbocycles. The Morgan fingerprint density at radius 1 is 1.00 bits per heavy atom. The minimum Gasteiger partial charge on any atom is -0.339 e. The van der Waals surface area contributed by atoms with Gasteiger partial charge >= 0.3 is 0 Å². The van der Waals surface area contributed by atoms with E-state index in [0.29, 0.717) is 31.7 Å². The monoisotopic (exact) mass is 354 g/mol. The van der Waals surface area contributed by atoms with Gasteiger partial charge in [-0.15, -0.1) is 0 Å². The smallest absolute Gasteiger partial charge is 0.254 e. The molecule has 24 heavy (non-hydrogen) atoms. The molecule has 1 rings (SSSR count). The second kappa shape index (κ2) is 9.18. The van der Waals surface area contributed by atoms with Crippen LogP contribution >= 0.6 is 0 Å². The van der Waals surface area contributed by atoms with Gasteiger partial charge in [0.05, 0.1) is 4.90 Å². The van der Waals surface area contributed by atoms with Crippen LogP contribution in [0.25, 0.3) is 0 Å². The Morgan fingerprint density at radius 3 is 2.00 bits per heavy atom. The SMILES string of the molecule is CCCN(CCC)C(=O)c1cc(S(=O)(=O)N(CC)CC)ccc1C. The lowest BCUT2D eigenvalue weighted by molar-refractivity contribution is 0.0754. The highest BCUT2D eigenvalue weighted by Crippen LogP contribution is 2.21. The number of sulfonamides is 1. The lowest BCUT2D eigenvalue weighted by Crippen LogP contribution is -2.34. The summed E-state index contributed by atoms with van der Waals surface area (Å²) < 4.78 is 26.8. The third-order valence-electron chi connectivity index (χ3n) is 4.06. The maximum atomic E-state index is 12.9. The molecule has 136 valence electrons. The van der Waals surface area contributed by atoms with Crippen LogP contribution in [0.3, 0.4) is 0 Å². The lowest BCUT2D eigenvalue weighted by atomic mass is 10.1. The number of rotatable bonds is 9. The maximum Gasteiger partial charge on any atom is 0.254 e. The Bertz CT molecular complexity index is 646. The molecular formula is C18H30N2O3S. The molecule has 0 aliphatic heterocycles. The number of nitrogens with zero attached hydrogens (tertiary/aromatic N) is 2. The molecule has 1 amide bonds. The van der Waals surface area contributed by atoms with Crippen molar-refractivity contribution < 1.29 is 13.2 Å². The van der Waals surface area contributed by atoms with E-state index in [9.17, 15) is 13.2 Å². The van der Waals surface area contributed by atoms with Crippen LogP contribution in [0, 0.1) is 6.92 Å². The highest BCUT2D eigenvalue weighted by atomic mass is 32.2. The van der Waals surface area contributed by atoms with Gasteiger partial charge in [-0.2, -0.15) is 4.31 Å². The van der Waals surface area contributed by atoms with Crippen molar-refractivity contribution in [1.29, 1.82) is 0 Å². The molecule has 0 bridgehead atoms. The van der Waals surface area contributed by atoms with Crippen molar-refractivity contribution in [2.45, 2.75) is 52.4 Å². The summed E-state index contributed by atoms with van der Waals surface area (Å²) in [4.78, 5) is 14.8. The summed E-state index contributed by atoms with van der Waals surface area (Å²) in [5, 5.41) is 0. The first-order valence-corrected chi connectivity index (χ1v) is 10.2. The fourth-order valence-corrected chi connectivity index (χ4v) is 4.21. The van der Waals surface area contributed by atoms with Gasteiger partial charge in [-0.3, -0.25) is 4.79 Å². The molecule has 5 nitrogen and oxygen atoms in total. The minimum absolute atomic E-state index is 0.0900. The van der Waals surface area contributed by atoms with Gasteiger partial charge in [-0.1, -0.05) is 33.8 Å². The zero-order valence-electron chi connectivity index (χ0n) is 15.5. The molecule has 6 heteroatoms. The second-order valence-electron chi connectivity index (χ2n) is 5.86. The van der Waals surface area contributed by atoms with E-state index < -0.39 is 10.0 Å². The standard InChI is InChI=1S/C18H30N2O3S/c1-6-12-19(13-7-2)18(21)17-14-16(11-10-15(17)5)24(22,23)20(8-3)9-4/h10-11,14H,6-9,12-13H2,1-5H3. The molecule has 0 atom stereocenters. The Labute approximate surface area is 146 Å². The van der Waals surface area contributed by atoms with Crippen molar-refractivity contribution in [3.8, 4) is 0 Å². The number of aryl methyl sites for hydroxylation is 1. The number of benzene rings is 1. The predicted octanol–water partition coefficient (Wildman–Crippen LogP) is 3.29. The molecule has 1 aromatic carbocycles. The van der Waals surface area contributed by atoms with E-state index in [2.05, 4.69) is 0 Å². The van der Waals surface area contributed by atoms with Crippen LogP contribution in [0.5, 0.6) is 0 Å². The summed E-state index contributed by atoms with van der Waals surface area (Å²) in [5.74, 6) is -0.0900. The van der Waals surface area contributed by atoms with Gasteiger partial charge < -0.3 is 4.90 Å². The Balaban J connectivity index is 3.29. The number of amides is 1. The maximum absolute atomic E-state index is 12.9. The molecule has 0 aliphatic rings. The molecule has 0 aliphatic carbocycles. The second-order valence-corrected chi connectivity index (χ2v) is 7.80. The van der Waals surface area contributed by atoms with Crippen molar-refractivity contribution in [2.75, 3.05) is 26.2 Å². The van der Waals surface area contributed by atoms with E-state index in [0.717, 1.165) is 18.4 Å². The Kier molecular flexibility index (Phi) is 7.90. The van der Waals surface area contributed by atoms with Gasteiger partial charge in [0.15, 0.2) is 0 Å². The summed E-state index contributed by atoms with van der Waals surface area (Å²) in [6, 6.07) is 4.84. The number of carbonyl (C=O) groups is 1. The average Bonchev–Trinajstić information content (AvgIpc) is 2.55. The van der Waals surface area contributed by atoms with Crippen LogP contribution in [0.2, 0.25) is 0 Å². The first kappa shape index (κ1) is 20.6. The van der Waals surface area contributed by atoms with Crippen molar-refractivity contribution in [1.82, 2.24) is 9.21 Å². The van der Waals surface area contributed by atoms with Gasteiger partial charge in [0, 0.05) is 31.7 Å². The fourth-order valence-electron chi connectivity index (χ4n) is 2.73. The molecule has 0 N–H and O–H groups in total. The lowest BCUT2D eigenvalue weighted by Gasteiger charge is -2.23. The number of hydrogen-bond donors (Lipinski definition) is 0. The van der Waals surface area contributed by atoms with Crippen LogP contribution < -0.4 is 0 Å². The van der Waals surface area contributed by atoms with Gasteiger partial charge in [0.2, 0.25) is 10.0 Å². The number of hydrogen-bond acceptors (Lipinski definition) is 3. The molecule has 0 aromatic heterocycles. The van der Waals surface area contributed by atoms with E-state index >= 15 is 0 Å². The molecular weight excluding hydrogens is 324 g/mol. The third kappa shape index (κ3) is 4.57. The van der Waals surface area contributed by atoms with Crippen LogP contribution in [0.4, 0.5) is 0 Å².